The van der Waals surface area contributed by atoms with Crippen LogP contribution in [0.25, 0.3) is 16.9 Å². The molecule has 0 N–H and O–H groups in total. The Morgan fingerprint density at radius 2 is 1.56 bits per heavy atom. The maximum absolute atomic E-state index is 13.6. The van der Waals surface area contributed by atoms with Gasteiger partial charge in [-0.05, 0) is 54.6 Å². The normalized spacial score (nSPS) is 11.0. The van der Waals surface area contributed by atoms with Gasteiger partial charge in [-0.15, -0.1) is 0 Å². The average molecular weight is 335 g/mol. The Morgan fingerprint density at radius 1 is 0.880 bits per heavy atom. The zero-order valence-electron chi connectivity index (χ0n) is 12.9. The summed E-state index contributed by atoms with van der Waals surface area (Å²) in [5, 5.41) is 0.554. The Hall–Kier alpha value is -3.41. The summed E-state index contributed by atoms with van der Waals surface area (Å²) in [5.41, 5.74) is 1.21. The molecule has 2 aromatic heterocycles. The van der Waals surface area contributed by atoms with Crippen LogP contribution in [0.2, 0.25) is 0 Å². The first-order chi connectivity index (χ1) is 12.1. The van der Waals surface area contributed by atoms with E-state index in [0.29, 0.717) is 22.4 Å². The van der Waals surface area contributed by atoms with Crippen LogP contribution in [0.15, 0.2) is 67.0 Å². The number of rotatable bonds is 3. The van der Waals surface area contributed by atoms with Crippen LogP contribution < -0.4 is 0 Å². The number of benzene rings is 2. The van der Waals surface area contributed by atoms with Crippen LogP contribution in [0.3, 0.4) is 0 Å². The Labute approximate surface area is 141 Å². The molecule has 0 bridgehead atoms. The van der Waals surface area contributed by atoms with E-state index in [4.69, 9.17) is 0 Å². The van der Waals surface area contributed by atoms with Crippen molar-refractivity contribution in [2.75, 3.05) is 0 Å². The van der Waals surface area contributed by atoms with Gasteiger partial charge in [-0.3, -0.25) is 9.36 Å². The molecule has 2 heterocycles. The molecule has 0 fully saturated rings. The summed E-state index contributed by atoms with van der Waals surface area (Å²) in [6.45, 7) is 0. The topological polar surface area (TPSA) is 47.8 Å². The van der Waals surface area contributed by atoms with Crippen LogP contribution in [0.4, 0.5) is 8.78 Å². The molecule has 0 saturated heterocycles. The summed E-state index contributed by atoms with van der Waals surface area (Å²) in [6, 6.07) is 12.7. The third-order valence-electron chi connectivity index (χ3n) is 3.85. The van der Waals surface area contributed by atoms with Crippen molar-refractivity contribution in [3.05, 3.63) is 89.9 Å². The molecule has 0 aliphatic rings. The van der Waals surface area contributed by atoms with Crippen molar-refractivity contribution in [3.8, 4) is 5.95 Å². The van der Waals surface area contributed by atoms with Gasteiger partial charge in [0, 0.05) is 23.3 Å². The van der Waals surface area contributed by atoms with Crippen LogP contribution in [-0.2, 0) is 0 Å². The van der Waals surface area contributed by atoms with E-state index in [0.717, 1.165) is 0 Å². The van der Waals surface area contributed by atoms with Crippen molar-refractivity contribution >= 4 is 16.7 Å². The Morgan fingerprint density at radius 3 is 2.28 bits per heavy atom. The monoisotopic (exact) mass is 335 g/mol. The van der Waals surface area contributed by atoms with Gasteiger partial charge in [-0.1, -0.05) is 0 Å². The number of halogens is 2. The zero-order chi connectivity index (χ0) is 17.4. The van der Waals surface area contributed by atoms with Crippen molar-refractivity contribution in [2.24, 2.45) is 0 Å². The van der Waals surface area contributed by atoms with Gasteiger partial charge in [0.1, 0.15) is 11.6 Å². The van der Waals surface area contributed by atoms with Gasteiger partial charge in [0.25, 0.3) is 0 Å². The first kappa shape index (κ1) is 15.1. The SMILES string of the molecule is O=C(c1ccc(F)cc1)c1cc2cc(F)ccc2n1-c1ncccn1. The first-order valence-electron chi connectivity index (χ1n) is 7.52. The highest BCUT2D eigenvalue weighted by Crippen LogP contribution is 2.25. The molecule has 4 aromatic rings. The minimum Gasteiger partial charge on any atom is -0.287 e. The van der Waals surface area contributed by atoms with Gasteiger partial charge in [-0.25, -0.2) is 18.7 Å². The molecular weight excluding hydrogens is 324 g/mol. The molecular formula is C19H11F2N3O. The number of aromatic nitrogens is 3. The van der Waals surface area contributed by atoms with Gasteiger partial charge < -0.3 is 0 Å². The second kappa shape index (κ2) is 5.90. The largest absolute Gasteiger partial charge is 0.287 e. The van der Waals surface area contributed by atoms with E-state index in [2.05, 4.69) is 9.97 Å². The molecule has 4 rings (SSSR count). The van der Waals surface area contributed by atoms with E-state index in [1.165, 1.54) is 36.4 Å². The molecule has 0 radical (unpaired) electrons. The molecule has 0 saturated carbocycles. The molecule has 122 valence electrons. The molecule has 0 amide bonds. The minimum atomic E-state index is -0.425. The van der Waals surface area contributed by atoms with E-state index in [1.807, 2.05) is 0 Å². The predicted octanol–water partition coefficient (Wildman–Crippen LogP) is 3.93. The highest BCUT2D eigenvalue weighted by molar-refractivity contribution is 6.11. The predicted molar refractivity (Wildman–Crippen MR) is 88.7 cm³/mol. The number of hydrogen-bond donors (Lipinski definition) is 0. The maximum atomic E-state index is 13.6. The molecule has 0 spiro atoms. The van der Waals surface area contributed by atoms with Gasteiger partial charge >= 0.3 is 0 Å². The molecule has 2 aromatic carbocycles. The Balaban J connectivity index is 1.96. The molecule has 0 atom stereocenters. The van der Waals surface area contributed by atoms with Crippen molar-refractivity contribution in [1.82, 2.24) is 14.5 Å². The summed E-state index contributed by atoms with van der Waals surface area (Å²) in [5.74, 6) is -0.858. The lowest BCUT2D eigenvalue weighted by atomic mass is 10.1. The number of hydrogen-bond acceptors (Lipinski definition) is 3. The third-order valence-corrected chi connectivity index (χ3v) is 3.85. The van der Waals surface area contributed by atoms with E-state index in [1.54, 1.807) is 35.2 Å². The van der Waals surface area contributed by atoms with Crippen LogP contribution >= 0.6 is 0 Å². The van der Waals surface area contributed by atoms with E-state index in [-0.39, 0.29) is 11.5 Å². The fraction of sp³-hybridized carbons (Fsp3) is 0. The number of fused-ring (bicyclic) bond motifs is 1. The number of carbonyl (C=O) groups is 1. The molecule has 0 unspecified atom stereocenters. The van der Waals surface area contributed by atoms with Crippen molar-refractivity contribution in [3.63, 3.8) is 0 Å². The average Bonchev–Trinajstić information content (AvgIpc) is 3.01. The summed E-state index contributed by atoms with van der Waals surface area (Å²) in [7, 11) is 0. The minimum absolute atomic E-state index is 0.276. The van der Waals surface area contributed by atoms with Crippen molar-refractivity contribution < 1.29 is 13.6 Å². The number of carbonyl (C=O) groups excluding carboxylic acids is 1. The van der Waals surface area contributed by atoms with Crippen LogP contribution in [0.5, 0.6) is 0 Å². The second-order valence-electron chi connectivity index (χ2n) is 5.45. The second-order valence-corrected chi connectivity index (χ2v) is 5.45. The summed E-state index contributed by atoms with van der Waals surface area (Å²) in [6.07, 6.45) is 3.12. The van der Waals surface area contributed by atoms with E-state index < -0.39 is 11.6 Å². The third kappa shape index (κ3) is 2.67. The fourth-order valence-electron chi connectivity index (χ4n) is 2.72. The highest BCUT2D eigenvalue weighted by atomic mass is 19.1. The smallest absolute Gasteiger partial charge is 0.234 e. The van der Waals surface area contributed by atoms with Crippen LogP contribution in [-0.4, -0.2) is 20.3 Å². The molecule has 6 heteroatoms. The molecule has 4 nitrogen and oxygen atoms in total. The summed E-state index contributed by atoms with van der Waals surface area (Å²) in [4.78, 5) is 21.3. The lowest BCUT2D eigenvalue weighted by molar-refractivity contribution is 0.103. The number of nitrogens with zero attached hydrogens (tertiary/aromatic N) is 3. The van der Waals surface area contributed by atoms with Crippen LogP contribution in [0, 0.1) is 11.6 Å². The maximum Gasteiger partial charge on any atom is 0.234 e. The lowest BCUT2D eigenvalue weighted by Gasteiger charge is -2.08. The van der Waals surface area contributed by atoms with Gasteiger partial charge in [0.2, 0.25) is 11.7 Å². The fourth-order valence-corrected chi connectivity index (χ4v) is 2.72. The highest BCUT2D eigenvalue weighted by Gasteiger charge is 2.20. The van der Waals surface area contributed by atoms with Crippen molar-refractivity contribution in [1.29, 1.82) is 0 Å². The number of ketones is 1. The Bertz CT molecular complexity index is 1070. The van der Waals surface area contributed by atoms with E-state index >= 15 is 0 Å². The van der Waals surface area contributed by atoms with Crippen LogP contribution in [0.1, 0.15) is 16.1 Å². The van der Waals surface area contributed by atoms with E-state index in [9.17, 15) is 13.6 Å². The van der Waals surface area contributed by atoms with Gasteiger partial charge in [0.15, 0.2) is 0 Å². The Kier molecular flexibility index (Phi) is 3.57. The molecule has 0 aliphatic heterocycles. The standard InChI is InChI=1S/C19H11F2N3O/c20-14-4-2-12(3-5-14)18(25)17-11-13-10-15(21)6-7-16(13)24(17)19-22-8-1-9-23-19/h1-11H. The van der Waals surface area contributed by atoms with Gasteiger partial charge in [0.05, 0.1) is 11.2 Å². The first-order valence-corrected chi connectivity index (χ1v) is 7.52. The summed E-state index contributed by atoms with van der Waals surface area (Å²) >= 11 is 0. The van der Waals surface area contributed by atoms with Gasteiger partial charge in [-0.2, -0.15) is 0 Å². The molecule has 25 heavy (non-hydrogen) atoms. The quantitative estimate of drug-likeness (QED) is 0.533. The zero-order valence-corrected chi connectivity index (χ0v) is 12.9. The molecule has 0 aliphatic carbocycles. The summed E-state index contributed by atoms with van der Waals surface area (Å²) < 4.78 is 28.3. The van der Waals surface area contributed by atoms with Crippen molar-refractivity contribution in [2.45, 2.75) is 0 Å². The lowest BCUT2D eigenvalue weighted by Crippen LogP contribution is -2.11.